The van der Waals surface area contributed by atoms with Crippen molar-refractivity contribution in [3.05, 3.63) is 58.3 Å². The molecule has 0 aliphatic heterocycles. The molecule has 0 heterocycles. The first-order valence-corrected chi connectivity index (χ1v) is 10.3. The molecule has 148 valence electrons. The van der Waals surface area contributed by atoms with Crippen molar-refractivity contribution in [1.29, 1.82) is 15.8 Å². The zero-order valence-corrected chi connectivity index (χ0v) is 17.7. The van der Waals surface area contributed by atoms with E-state index in [4.69, 9.17) is 5.73 Å². The van der Waals surface area contributed by atoms with Gasteiger partial charge in [-0.3, -0.25) is 0 Å². The first-order chi connectivity index (χ1) is 13.7. The Morgan fingerprint density at radius 1 is 1.10 bits per heavy atom. The van der Waals surface area contributed by atoms with E-state index in [-0.39, 0.29) is 22.9 Å². The average molecular weight is 385 g/mol. The number of hydrogen-bond donors (Lipinski definition) is 1. The molecule has 0 bridgehead atoms. The molecule has 1 aromatic rings. The zero-order chi connectivity index (χ0) is 21.4. The maximum atomic E-state index is 10.0. The summed E-state index contributed by atoms with van der Waals surface area (Å²) in [4.78, 5) is 0. The van der Waals surface area contributed by atoms with Crippen LogP contribution in [-0.2, 0) is 6.42 Å². The second kappa shape index (κ2) is 7.42. The molecule has 0 amide bonds. The van der Waals surface area contributed by atoms with Gasteiger partial charge in [0.05, 0.1) is 29.5 Å². The molecule has 0 fully saturated rings. The summed E-state index contributed by atoms with van der Waals surface area (Å²) in [5.74, 6) is 0.0989. The highest BCUT2D eigenvalue weighted by molar-refractivity contribution is 5.58. The van der Waals surface area contributed by atoms with E-state index in [1.165, 1.54) is 5.56 Å². The lowest BCUT2D eigenvalue weighted by molar-refractivity contribution is 0.180. The third-order valence-electron chi connectivity index (χ3n) is 6.83. The van der Waals surface area contributed by atoms with E-state index in [2.05, 4.69) is 76.2 Å². The van der Waals surface area contributed by atoms with Crippen molar-refractivity contribution >= 4 is 0 Å². The standard InChI is InChI=1S/C25H28N4/c1-5-16-6-8-17(9-7-16)22-19-12-18(24(2,3)4)10-11-21(19)25(14-27,15-28)23(29)20(22)13-26/h6-9,11,18-19,22H,5,10,12,29H2,1-4H3/t18-,19+,22+/m1/s1. The van der Waals surface area contributed by atoms with E-state index >= 15 is 0 Å². The number of fused-ring (bicyclic) bond motifs is 1. The maximum Gasteiger partial charge on any atom is 0.204 e. The number of aryl methyl sites for hydroxylation is 1. The van der Waals surface area contributed by atoms with Crippen LogP contribution in [0.15, 0.2) is 47.2 Å². The Morgan fingerprint density at radius 2 is 1.72 bits per heavy atom. The minimum atomic E-state index is -1.54. The van der Waals surface area contributed by atoms with Crippen LogP contribution in [0.4, 0.5) is 0 Å². The fourth-order valence-corrected chi connectivity index (χ4v) is 4.89. The second-order valence-electron chi connectivity index (χ2n) is 9.29. The smallest absolute Gasteiger partial charge is 0.204 e. The first kappa shape index (κ1) is 20.7. The largest absolute Gasteiger partial charge is 0.399 e. The third-order valence-corrected chi connectivity index (χ3v) is 6.83. The molecular formula is C25H28N4. The summed E-state index contributed by atoms with van der Waals surface area (Å²) < 4.78 is 0. The Balaban J connectivity index is 2.25. The molecule has 0 saturated heterocycles. The maximum absolute atomic E-state index is 10.0. The molecule has 2 aliphatic carbocycles. The molecule has 0 unspecified atom stereocenters. The van der Waals surface area contributed by atoms with Crippen molar-refractivity contribution in [1.82, 2.24) is 0 Å². The van der Waals surface area contributed by atoms with Gasteiger partial charge < -0.3 is 5.73 Å². The summed E-state index contributed by atoms with van der Waals surface area (Å²) in [7, 11) is 0. The predicted octanol–water partition coefficient (Wildman–Crippen LogP) is 5.11. The van der Waals surface area contributed by atoms with Gasteiger partial charge in [0, 0.05) is 5.92 Å². The molecule has 4 nitrogen and oxygen atoms in total. The van der Waals surface area contributed by atoms with E-state index in [0.29, 0.717) is 11.5 Å². The number of hydrogen-bond acceptors (Lipinski definition) is 4. The summed E-state index contributed by atoms with van der Waals surface area (Å²) in [6.45, 7) is 8.78. The molecule has 3 rings (SSSR count). The molecule has 2 N–H and O–H groups in total. The van der Waals surface area contributed by atoms with Gasteiger partial charge in [-0.25, -0.2) is 0 Å². The van der Waals surface area contributed by atoms with Gasteiger partial charge in [-0.2, -0.15) is 15.8 Å². The molecule has 0 aromatic heterocycles. The Hall–Kier alpha value is -3.03. The Kier molecular flexibility index (Phi) is 5.30. The van der Waals surface area contributed by atoms with Gasteiger partial charge in [0.1, 0.15) is 0 Å². The lowest BCUT2D eigenvalue weighted by Gasteiger charge is -2.46. The van der Waals surface area contributed by atoms with E-state index in [1.807, 2.05) is 0 Å². The van der Waals surface area contributed by atoms with Crippen LogP contribution in [0, 0.1) is 56.7 Å². The van der Waals surface area contributed by atoms with Crippen molar-refractivity contribution < 1.29 is 0 Å². The molecule has 1 aromatic carbocycles. The van der Waals surface area contributed by atoms with Gasteiger partial charge in [-0.15, -0.1) is 0 Å². The van der Waals surface area contributed by atoms with Crippen LogP contribution in [0.2, 0.25) is 0 Å². The van der Waals surface area contributed by atoms with E-state index in [9.17, 15) is 15.8 Å². The monoisotopic (exact) mass is 384 g/mol. The quantitative estimate of drug-likeness (QED) is 0.716. The second-order valence-corrected chi connectivity index (χ2v) is 9.29. The van der Waals surface area contributed by atoms with Crippen molar-refractivity contribution in [2.45, 2.75) is 52.9 Å². The van der Waals surface area contributed by atoms with Crippen molar-refractivity contribution in [3.8, 4) is 18.2 Å². The molecule has 29 heavy (non-hydrogen) atoms. The average Bonchev–Trinajstić information content (AvgIpc) is 2.72. The lowest BCUT2D eigenvalue weighted by atomic mass is 9.55. The summed E-state index contributed by atoms with van der Waals surface area (Å²) in [6.07, 6.45) is 4.65. The van der Waals surface area contributed by atoms with E-state index < -0.39 is 5.41 Å². The Bertz CT molecular complexity index is 970. The normalized spacial score (nSPS) is 25.8. The Labute approximate surface area is 173 Å². The number of allylic oxidation sites excluding steroid dienone is 3. The van der Waals surface area contributed by atoms with Gasteiger partial charge in [-0.05, 0) is 53.2 Å². The summed E-state index contributed by atoms with van der Waals surface area (Å²) >= 11 is 0. The minimum Gasteiger partial charge on any atom is -0.399 e. The van der Waals surface area contributed by atoms with Gasteiger partial charge in [-0.1, -0.05) is 58.0 Å². The number of benzene rings is 1. The van der Waals surface area contributed by atoms with Crippen molar-refractivity contribution in [3.63, 3.8) is 0 Å². The van der Waals surface area contributed by atoms with Crippen LogP contribution in [0.3, 0.4) is 0 Å². The van der Waals surface area contributed by atoms with Crippen LogP contribution in [-0.4, -0.2) is 0 Å². The summed E-state index contributed by atoms with van der Waals surface area (Å²) in [5, 5.41) is 30.0. The third kappa shape index (κ3) is 3.22. The van der Waals surface area contributed by atoms with Gasteiger partial charge in [0.25, 0.3) is 0 Å². The topological polar surface area (TPSA) is 97.4 Å². The predicted molar refractivity (Wildman–Crippen MR) is 113 cm³/mol. The summed E-state index contributed by atoms with van der Waals surface area (Å²) in [5.41, 5.74) is 8.44. The molecule has 2 aliphatic rings. The first-order valence-electron chi connectivity index (χ1n) is 10.3. The fourth-order valence-electron chi connectivity index (χ4n) is 4.89. The molecular weight excluding hydrogens is 356 g/mol. The highest BCUT2D eigenvalue weighted by Crippen LogP contribution is 2.57. The highest BCUT2D eigenvalue weighted by atomic mass is 14.7. The Morgan fingerprint density at radius 3 is 2.21 bits per heavy atom. The lowest BCUT2D eigenvalue weighted by Crippen LogP contribution is -2.43. The van der Waals surface area contributed by atoms with Gasteiger partial charge in [0.2, 0.25) is 5.41 Å². The van der Waals surface area contributed by atoms with E-state index in [1.54, 1.807) is 0 Å². The van der Waals surface area contributed by atoms with Crippen molar-refractivity contribution in [2.24, 2.45) is 28.4 Å². The van der Waals surface area contributed by atoms with Crippen molar-refractivity contribution in [2.75, 3.05) is 0 Å². The number of nitriles is 3. The molecule has 0 saturated carbocycles. The molecule has 0 radical (unpaired) electrons. The van der Waals surface area contributed by atoms with Gasteiger partial charge >= 0.3 is 0 Å². The number of nitrogens with zero attached hydrogens (tertiary/aromatic N) is 3. The summed E-state index contributed by atoms with van der Waals surface area (Å²) in [6, 6.07) is 14.9. The molecule has 3 atom stereocenters. The highest BCUT2D eigenvalue weighted by Gasteiger charge is 2.53. The van der Waals surface area contributed by atoms with Crippen LogP contribution < -0.4 is 5.73 Å². The van der Waals surface area contributed by atoms with E-state index in [0.717, 1.165) is 30.4 Å². The van der Waals surface area contributed by atoms with Crippen LogP contribution in [0.25, 0.3) is 0 Å². The minimum absolute atomic E-state index is 0.0818. The SMILES string of the molecule is CCc1ccc([C@@H]2C(C#N)=C(N)C(C#N)(C#N)C3=CC[C@@H](C(C)(C)C)C[C@@H]32)cc1. The molecule has 4 heteroatoms. The molecule has 0 spiro atoms. The van der Waals surface area contributed by atoms with Crippen LogP contribution in [0.1, 0.15) is 57.6 Å². The number of rotatable bonds is 2. The van der Waals surface area contributed by atoms with Gasteiger partial charge in [0.15, 0.2) is 0 Å². The fraction of sp³-hybridized carbons (Fsp3) is 0.480. The zero-order valence-electron chi connectivity index (χ0n) is 17.7. The number of nitrogens with two attached hydrogens (primary N) is 1. The van der Waals surface area contributed by atoms with Crippen LogP contribution in [0.5, 0.6) is 0 Å². The van der Waals surface area contributed by atoms with Crippen LogP contribution >= 0.6 is 0 Å².